The SMILES string of the molecule is Cc1ccc(C(=O)c2ccccc2C(=O)NCCc2csc(C)n2)cc1. The van der Waals surface area contributed by atoms with Crippen LogP contribution in [0.2, 0.25) is 0 Å². The molecule has 5 heteroatoms. The van der Waals surface area contributed by atoms with Crippen molar-refractivity contribution in [3.8, 4) is 0 Å². The standard InChI is InChI=1S/C21H20N2O2S/c1-14-7-9-16(10-8-14)20(24)18-5-3-4-6-19(18)21(25)22-12-11-17-13-26-15(2)23-17/h3-10,13H,11-12H2,1-2H3,(H,22,25). The predicted molar refractivity (Wildman–Crippen MR) is 104 cm³/mol. The molecular weight excluding hydrogens is 344 g/mol. The number of nitrogens with zero attached hydrogens (tertiary/aromatic N) is 1. The molecule has 0 spiro atoms. The van der Waals surface area contributed by atoms with E-state index in [1.165, 1.54) is 0 Å². The lowest BCUT2D eigenvalue weighted by molar-refractivity contribution is 0.0942. The van der Waals surface area contributed by atoms with Crippen LogP contribution in [0.5, 0.6) is 0 Å². The van der Waals surface area contributed by atoms with Gasteiger partial charge < -0.3 is 5.32 Å². The third kappa shape index (κ3) is 4.24. The highest BCUT2D eigenvalue weighted by atomic mass is 32.1. The van der Waals surface area contributed by atoms with E-state index >= 15 is 0 Å². The summed E-state index contributed by atoms with van der Waals surface area (Å²) in [5, 5.41) is 5.90. The summed E-state index contributed by atoms with van der Waals surface area (Å²) in [6, 6.07) is 14.3. The number of hydrogen-bond donors (Lipinski definition) is 1. The first-order chi connectivity index (χ1) is 12.5. The van der Waals surface area contributed by atoms with E-state index in [0.717, 1.165) is 16.3 Å². The molecule has 132 valence electrons. The summed E-state index contributed by atoms with van der Waals surface area (Å²) in [6.07, 6.45) is 0.671. The van der Waals surface area contributed by atoms with Gasteiger partial charge in [0.1, 0.15) is 0 Å². The maximum atomic E-state index is 12.8. The van der Waals surface area contributed by atoms with Crippen LogP contribution in [0.3, 0.4) is 0 Å². The van der Waals surface area contributed by atoms with Crippen LogP contribution in [0, 0.1) is 13.8 Å². The summed E-state index contributed by atoms with van der Waals surface area (Å²) >= 11 is 1.60. The Morgan fingerprint density at radius 3 is 2.35 bits per heavy atom. The minimum atomic E-state index is -0.243. The predicted octanol–water partition coefficient (Wildman–Crippen LogP) is 3.96. The number of thiazole rings is 1. The van der Waals surface area contributed by atoms with E-state index in [2.05, 4.69) is 10.3 Å². The fourth-order valence-corrected chi connectivity index (χ4v) is 3.31. The van der Waals surface area contributed by atoms with Crippen molar-refractivity contribution < 1.29 is 9.59 Å². The van der Waals surface area contributed by atoms with E-state index in [1.807, 2.05) is 31.4 Å². The van der Waals surface area contributed by atoms with E-state index in [-0.39, 0.29) is 11.7 Å². The highest BCUT2D eigenvalue weighted by Gasteiger charge is 2.17. The van der Waals surface area contributed by atoms with Gasteiger partial charge in [0.2, 0.25) is 0 Å². The van der Waals surface area contributed by atoms with Crippen LogP contribution in [0.4, 0.5) is 0 Å². The Balaban J connectivity index is 1.72. The van der Waals surface area contributed by atoms with Gasteiger partial charge in [-0.15, -0.1) is 11.3 Å². The molecule has 2 aromatic carbocycles. The topological polar surface area (TPSA) is 59.1 Å². The molecule has 0 saturated carbocycles. The normalized spacial score (nSPS) is 10.5. The Labute approximate surface area is 156 Å². The van der Waals surface area contributed by atoms with Crippen molar-refractivity contribution in [3.05, 3.63) is 86.9 Å². The van der Waals surface area contributed by atoms with E-state index in [1.54, 1.807) is 47.7 Å². The quantitative estimate of drug-likeness (QED) is 0.674. The molecule has 1 N–H and O–H groups in total. The van der Waals surface area contributed by atoms with E-state index in [9.17, 15) is 9.59 Å². The number of rotatable bonds is 6. The highest BCUT2D eigenvalue weighted by Crippen LogP contribution is 2.16. The van der Waals surface area contributed by atoms with Gasteiger partial charge in [0, 0.05) is 29.5 Å². The summed E-state index contributed by atoms with van der Waals surface area (Å²) in [4.78, 5) is 29.7. The van der Waals surface area contributed by atoms with Gasteiger partial charge >= 0.3 is 0 Å². The van der Waals surface area contributed by atoms with Crippen LogP contribution < -0.4 is 5.32 Å². The zero-order valence-corrected chi connectivity index (χ0v) is 15.6. The van der Waals surface area contributed by atoms with Gasteiger partial charge in [0.05, 0.1) is 16.3 Å². The summed E-state index contributed by atoms with van der Waals surface area (Å²) in [6.45, 7) is 4.41. The number of benzene rings is 2. The number of amides is 1. The maximum Gasteiger partial charge on any atom is 0.252 e. The summed E-state index contributed by atoms with van der Waals surface area (Å²) < 4.78 is 0. The summed E-state index contributed by atoms with van der Waals surface area (Å²) in [7, 11) is 0. The summed E-state index contributed by atoms with van der Waals surface area (Å²) in [5.41, 5.74) is 3.45. The molecule has 0 unspecified atom stereocenters. The van der Waals surface area contributed by atoms with E-state index in [0.29, 0.717) is 29.7 Å². The van der Waals surface area contributed by atoms with Crippen LogP contribution in [0.1, 0.15) is 42.5 Å². The van der Waals surface area contributed by atoms with Gasteiger partial charge in [-0.1, -0.05) is 48.0 Å². The fraction of sp³-hybridized carbons (Fsp3) is 0.190. The summed E-state index contributed by atoms with van der Waals surface area (Å²) in [5.74, 6) is -0.390. The van der Waals surface area contributed by atoms with Gasteiger partial charge in [-0.25, -0.2) is 4.98 Å². The first-order valence-corrected chi connectivity index (χ1v) is 9.32. The molecule has 3 rings (SSSR count). The zero-order chi connectivity index (χ0) is 18.5. The van der Waals surface area contributed by atoms with Crippen LogP contribution in [-0.2, 0) is 6.42 Å². The molecule has 1 aromatic heterocycles. The monoisotopic (exact) mass is 364 g/mol. The average Bonchev–Trinajstić information content (AvgIpc) is 3.07. The van der Waals surface area contributed by atoms with Crippen molar-refractivity contribution >= 4 is 23.0 Å². The second kappa shape index (κ2) is 8.06. The first kappa shape index (κ1) is 18.0. The van der Waals surface area contributed by atoms with Crippen molar-refractivity contribution in [3.63, 3.8) is 0 Å². The smallest absolute Gasteiger partial charge is 0.252 e. The molecule has 4 nitrogen and oxygen atoms in total. The molecule has 1 amide bonds. The third-order valence-corrected chi connectivity index (χ3v) is 4.89. The molecule has 0 aliphatic heterocycles. The number of carbonyl (C=O) groups is 2. The molecule has 0 radical (unpaired) electrons. The zero-order valence-electron chi connectivity index (χ0n) is 14.8. The largest absolute Gasteiger partial charge is 0.352 e. The number of nitrogens with one attached hydrogen (secondary N) is 1. The van der Waals surface area contributed by atoms with Gasteiger partial charge in [-0.05, 0) is 19.9 Å². The lowest BCUT2D eigenvalue weighted by Crippen LogP contribution is -2.27. The lowest BCUT2D eigenvalue weighted by atomic mass is 9.97. The van der Waals surface area contributed by atoms with Crippen molar-refractivity contribution in [2.75, 3.05) is 6.54 Å². The molecule has 1 heterocycles. The number of aromatic nitrogens is 1. The second-order valence-corrected chi connectivity index (χ2v) is 7.17. The van der Waals surface area contributed by atoms with Crippen LogP contribution in [-0.4, -0.2) is 23.2 Å². The Morgan fingerprint density at radius 2 is 1.69 bits per heavy atom. The number of carbonyl (C=O) groups excluding carboxylic acids is 2. The molecule has 0 atom stereocenters. The lowest BCUT2D eigenvalue weighted by Gasteiger charge is -2.09. The van der Waals surface area contributed by atoms with Crippen molar-refractivity contribution in [2.45, 2.75) is 20.3 Å². The minimum absolute atomic E-state index is 0.147. The Bertz CT molecular complexity index is 929. The maximum absolute atomic E-state index is 12.8. The molecule has 0 aliphatic carbocycles. The van der Waals surface area contributed by atoms with E-state index in [4.69, 9.17) is 0 Å². The van der Waals surface area contributed by atoms with Gasteiger partial charge in [0.25, 0.3) is 5.91 Å². The number of aryl methyl sites for hydroxylation is 2. The second-order valence-electron chi connectivity index (χ2n) is 6.10. The van der Waals surface area contributed by atoms with Crippen molar-refractivity contribution in [1.82, 2.24) is 10.3 Å². The number of ketones is 1. The minimum Gasteiger partial charge on any atom is -0.352 e. The molecule has 0 saturated heterocycles. The van der Waals surface area contributed by atoms with Gasteiger partial charge in [-0.3, -0.25) is 9.59 Å². The molecule has 0 bridgehead atoms. The van der Waals surface area contributed by atoms with Crippen LogP contribution >= 0.6 is 11.3 Å². The molecular formula is C21H20N2O2S. The highest BCUT2D eigenvalue weighted by molar-refractivity contribution is 7.09. The van der Waals surface area contributed by atoms with Gasteiger partial charge in [-0.2, -0.15) is 0 Å². The molecule has 0 fully saturated rings. The Hall–Kier alpha value is -2.79. The van der Waals surface area contributed by atoms with Crippen LogP contribution in [0.15, 0.2) is 53.9 Å². The Kier molecular flexibility index (Phi) is 5.58. The average molecular weight is 364 g/mol. The Morgan fingerprint density at radius 1 is 1.00 bits per heavy atom. The molecule has 0 aliphatic rings. The van der Waals surface area contributed by atoms with Crippen molar-refractivity contribution in [1.29, 1.82) is 0 Å². The van der Waals surface area contributed by atoms with Crippen molar-refractivity contribution in [2.24, 2.45) is 0 Å². The van der Waals surface area contributed by atoms with E-state index < -0.39 is 0 Å². The first-order valence-electron chi connectivity index (χ1n) is 8.44. The third-order valence-electron chi connectivity index (χ3n) is 4.06. The fourth-order valence-electron chi connectivity index (χ4n) is 2.66. The number of hydrogen-bond acceptors (Lipinski definition) is 4. The van der Waals surface area contributed by atoms with Gasteiger partial charge in [0.15, 0.2) is 5.78 Å². The molecule has 26 heavy (non-hydrogen) atoms. The molecule has 3 aromatic rings. The van der Waals surface area contributed by atoms with Crippen LogP contribution in [0.25, 0.3) is 0 Å².